The van der Waals surface area contributed by atoms with Crippen LogP contribution < -0.4 is 5.32 Å². The zero-order valence-corrected chi connectivity index (χ0v) is 17.2. The van der Waals surface area contributed by atoms with Gasteiger partial charge in [-0.25, -0.2) is 0 Å². The molecule has 1 aromatic carbocycles. The first kappa shape index (κ1) is 20.4. The van der Waals surface area contributed by atoms with Gasteiger partial charge in [-0.05, 0) is 43.3 Å². The Hall–Kier alpha value is -2.29. The van der Waals surface area contributed by atoms with Crippen LogP contribution in [-0.4, -0.2) is 39.6 Å². The molecule has 2 aromatic heterocycles. The van der Waals surface area contributed by atoms with E-state index in [1.165, 1.54) is 11.8 Å². The summed E-state index contributed by atoms with van der Waals surface area (Å²) in [5.41, 5.74) is 0.898. The second kappa shape index (κ2) is 9.77. The number of furan rings is 1. The van der Waals surface area contributed by atoms with Crippen molar-refractivity contribution in [2.45, 2.75) is 30.4 Å². The predicted octanol–water partition coefficient (Wildman–Crippen LogP) is 3.63. The molecule has 0 saturated heterocycles. The van der Waals surface area contributed by atoms with Crippen LogP contribution in [0.1, 0.15) is 12.7 Å². The number of nitrogens with one attached hydrogen (secondary N) is 1. The van der Waals surface area contributed by atoms with Gasteiger partial charge in [0.05, 0.1) is 31.2 Å². The Labute approximate surface area is 172 Å². The van der Waals surface area contributed by atoms with E-state index in [2.05, 4.69) is 15.5 Å². The maximum Gasteiger partial charge on any atom is 0.233 e. The van der Waals surface area contributed by atoms with E-state index in [0.29, 0.717) is 41.5 Å². The Kier molecular flexibility index (Phi) is 7.13. The molecule has 1 atom stereocenters. The standard InChI is InChI=1S/C19H21ClN4O3S/c1-13(18(25)21-12-16-4-3-10-27-16)28-19-23-22-17(24(19)9-11-26-2)14-5-7-15(20)8-6-14/h3-8,10,13H,9,11-12H2,1-2H3,(H,21,25)/t13-/m1/s1. The molecule has 2 heterocycles. The zero-order valence-electron chi connectivity index (χ0n) is 15.6. The minimum Gasteiger partial charge on any atom is -0.467 e. The van der Waals surface area contributed by atoms with E-state index < -0.39 is 0 Å². The topological polar surface area (TPSA) is 82.2 Å². The van der Waals surface area contributed by atoms with Gasteiger partial charge in [-0.1, -0.05) is 23.4 Å². The molecular formula is C19H21ClN4O3S. The number of ether oxygens (including phenoxy) is 1. The molecule has 1 amide bonds. The van der Waals surface area contributed by atoms with E-state index in [1.807, 2.05) is 41.8 Å². The summed E-state index contributed by atoms with van der Waals surface area (Å²) in [5, 5.41) is 12.4. The normalized spacial score (nSPS) is 12.1. The minimum atomic E-state index is -0.349. The Morgan fingerprint density at radius 3 is 2.79 bits per heavy atom. The Morgan fingerprint density at radius 1 is 1.32 bits per heavy atom. The van der Waals surface area contributed by atoms with Gasteiger partial charge in [0.15, 0.2) is 11.0 Å². The van der Waals surface area contributed by atoms with Gasteiger partial charge in [0.25, 0.3) is 0 Å². The number of amides is 1. The summed E-state index contributed by atoms with van der Waals surface area (Å²) in [7, 11) is 1.64. The number of carbonyl (C=O) groups is 1. The van der Waals surface area contributed by atoms with Gasteiger partial charge in [-0.3, -0.25) is 9.36 Å². The van der Waals surface area contributed by atoms with Crippen molar-refractivity contribution < 1.29 is 13.9 Å². The van der Waals surface area contributed by atoms with Gasteiger partial charge in [0.1, 0.15) is 5.76 Å². The summed E-state index contributed by atoms with van der Waals surface area (Å²) in [6.45, 7) is 3.26. The van der Waals surface area contributed by atoms with Gasteiger partial charge in [-0.2, -0.15) is 0 Å². The van der Waals surface area contributed by atoms with Crippen LogP contribution in [-0.2, 0) is 22.6 Å². The second-order valence-electron chi connectivity index (χ2n) is 6.01. The summed E-state index contributed by atoms with van der Waals surface area (Å²) in [5.74, 6) is 1.31. The number of carbonyl (C=O) groups excluding carboxylic acids is 1. The summed E-state index contributed by atoms with van der Waals surface area (Å²) >= 11 is 7.33. The summed E-state index contributed by atoms with van der Waals surface area (Å²) in [6, 6.07) is 11.0. The molecule has 3 rings (SSSR count). The summed E-state index contributed by atoms with van der Waals surface area (Å²) in [6.07, 6.45) is 1.58. The van der Waals surface area contributed by atoms with E-state index in [0.717, 1.165) is 5.56 Å². The van der Waals surface area contributed by atoms with Crippen molar-refractivity contribution >= 4 is 29.3 Å². The van der Waals surface area contributed by atoms with Crippen molar-refractivity contribution in [3.63, 3.8) is 0 Å². The molecule has 0 saturated carbocycles. The molecule has 9 heteroatoms. The molecule has 3 aromatic rings. The number of thioether (sulfide) groups is 1. The van der Waals surface area contributed by atoms with E-state index in [9.17, 15) is 4.79 Å². The number of aromatic nitrogens is 3. The lowest BCUT2D eigenvalue weighted by molar-refractivity contribution is -0.120. The largest absolute Gasteiger partial charge is 0.467 e. The molecular weight excluding hydrogens is 400 g/mol. The van der Waals surface area contributed by atoms with Crippen molar-refractivity contribution in [2.75, 3.05) is 13.7 Å². The van der Waals surface area contributed by atoms with Gasteiger partial charge in [-0.15, -0.1) is 10.2 Å². The highest BCUT2D eigenvalue weighted by atomic mass is 35.5. The van der Waals surface area contributed by atoms with E-state index in [-0.39, 0.29) is 11.2 Å². The third-order valence-corrected chi connectivity index (χ3v) is 5.34. The quantitative estimate of drug-likeness (QED) is 0.532. The molecule has 0 aliphatic heterocycles. The number of rotatable bonds is 9. The summed E-state index contributed by atoms with van der Waals surface area (Å²) in [4.78, 5) is 12.4. The number of hydrogen-bond donors (Lipinski definition) is 1. The number of benzene rings is 1. The monoisotopic (exact) mass is 420 g/mol. The molecule has 28 heavy (non-hydrogen) atoms. The van der Waals surface area contributed by atoms with Crippen LogP contribution in [0.25, 0.3) is 11.4 Å². The highest BCUT2D eigenvalue weighted by Gasteiger charge is 2.21. The highest BCUT2D eigenvalue weighted by Crippen LogP contribution is 2.27. The number of methoxy groups -OCH3 is 1. The first-order valence-corrected chi connectivity index (χ1v) is 9.99. The molecule has 0 radical (unpaired) electrons. The first-order chi connectivity index (χ1) is 13.6. The average Bonchev–Trinajstić information content (AvgIpc) is 3.35. The zero-order chi connectivity index (χ0) is 19.9. The van der Waals surface area contributed by atoms with Crippen molar-refractivity contribution in [3.05, 3.63) is 53.4 Å². The lowest BCUT2D eigenvalue weighted by Crippen LogP contribution is -2.30. The molecule has 0 aliphatic rings. The van der Waals surface area contributed by atoms with E-state index >= 15 is 0 Å². The Morgan fingerprint density at radius 2 is 2.11 bits per heavy atom. The molecule has 1 N–H and O–H groups in total. The third-order valence-electron chi connectivity index (χ3n) is 4.01. The molecule has 0 aliphatic carbocycles. The molecule has 0 unspecified atom stereocenters. The van der Waals surface area contributed by atoms with Crippen LogP contribution in [0.15, 0.2) is 52.2 Å². The molecule has 7 nitrogen and oxygen atoms in total. The smallest absolute Gasteiger partial charge is 0.233 e. The fraction of sp³-hybridized carbons (Fsp3) is 0.316. The van der Waals surface area contributed by atoms with Crippen molar-refractivity contribution in [2.24, 2.45) is 0 Å². The molecule has 0 spiro atoms. The van der Waals surface area contributed by atoms with Crippen LogP contribution in [0.5, 0.6) is 0 Å². The van der Waals surface area contributed by atoms with Gasteiger partial charge < -0.3 is 14.5 Å². The number of halogens is 1. The maximum absolute atomic E-state index is 12.4. The first-order valence-electron chi connectivity index (χ1n) is 8.73. The second-order valence-corrected chi connectivity index (χ2v) is 7.76. The molecule has 0 fully saturated rings. The lowest BCUT2D eigenvalue weighted by Gasteiger charge is -2.13. The number of hydrogen-bond acceptors (Lipinski definition) is 6. The third kappa shape index (κ3) is 5.15. The fourth-order valence-electron chi connectivity index (χ4n) is 2.52. The van der Waals surface area contributed by atoms with Crippen LogP contribution in [0, 0.1) is 0 Å². The molecule has 148 valence electrons. The van der Waals surface area contributed by atoms with Crippen LogP contribution in [0.2, 0.25) is 5.02 Å². The Balaban J connectivity index is 1.73. The van der Waals surface area contributed by atoms with E-state index in [1.54, 1.807) is 19.4 Å². The van der Waals surface area contributed by atoms with Crippen molar-refractivity contribution in [1.82, 2.24) is 20.1 Å². The average molecular weight is 421 g/mol. The van der Waals surface area contributed by atoms with E-state index in [4.69, 9.17) is 20.8 Å². The maximum atomic E-state index is 12.4. The lowest BCUT2D eigenvalue weighted by atomic mass is 10.2. The SMILES string of the molecule is COCCn1c(S[C@H](C)C(=O)NCc2ccco2)nnc1-c1ccc(Cl)cc1. The van der Waals surface area contributed by atoms with Gasteiger partial charge >= 0.3 is 0 Å². The number of nitrogens with zero attached hydrogens (tertiary/aromatic N) is 3. The highest BCUT2D eigenvalue weighted by molar-refractivity contribution is 8.00. The van der Waals surface area contributed by atoms with Crippen LogP contribution >= 0.6 is 23.4 Å². The van der Waals surface area contributed by atoms with Crippen molar-refractivity contribution in [1.29, 1.82) is 0 Å². The van der Waals surface area contributed by atoms with Gasteiger partial charge in [0.2, 0.25) is 5.91 Å². The summed E-state index contributed by atoms with van der Waals surface area (Å²) < 4.78 is 12.4. The van der Waals surface area contributed by atoms with Crippen LogP contribution in [0.3, 0.4) is 0 Å². The predicted molar refractivity (Wildman–Crippen MR) is 108 cm³/mol. The van der Waals surface area contributed by atoms with Crippen molar-refractivity contribution in [3.8, 4) is 11.4 Å². The van der Waals surface area contributed by atoms with Gasteiger partial charge in [0, 0.05) is 17.7 Å². The Bertz CT molecular complexity index is 897. The minimum absolute atomic E-state index is 0.101. The van der Waals surface area contributed by atoms with Crippen LogP contribution in [0.4, 0.5) is 0 Å². The fourth-order valence-corrected chi connectivity index (χ4v) is 3.54. The molecule has 0 bridgehead atoms.